The van der Waals surface area contributed by atoms with E-state index >= 15 is 0 Å². The van der Waals surface area contributed by atoms with Crippen molar-refractivity contribution in [1.29, 1.82) is 0 Å². The number of carbonyl (C=O) groups is 1. The normalized spacial score (nSPS) is 11.3. The van der Waals surface area contributed by atoms with Crippen molar-refractivity contribution in [3.05, 3.63) is 66.4 Å². The molecule has 0 saturated heterocycles. The SMILES string of the molecule is COc1ccc(Nc2nnc(SCC(=O)Nc3cc(C(C)(C)C)nn3-c3ccccc3)s2)cc1. The smallest absolute Gasteiger partial charge is 0.235 e. The Bertz CT molecular complexity index is 1250. The summed E-state index contributed by atoms with van der Waals surface area (Å²) in [5, 5.41) is 19.9. The van der Waals surface area contributed by atoms with Gasteiger partial charge < -0.3 is 15.4 Å². The number of rotatable bonds is 8. The summed E-state index contributed by atoms with van der Waals surface area (Å²) < 4.78 is 7.65. The number of thioether (sulfide) groups is 1. The van der Waals surface area contributed by atoms with E-state index in [1.807, 2.05) is 60.7 Å². The van der Waals surface area contributed by atoms with Crippen LogP contribution in [-0.4, -0.2) is 38.7 Å². The number of carbonyl (C=O) groups excluding carboxylic acids is 1. The van der Waals surface area contributed by atoms with Gasteiger partial charge >= 0.3 is 0 Å². The van der Waals surface area contributed by atoms with Crippen molar-refractivity contribution in [3.63, 3.8) is 0 Å². The van der Waals surface area contributed by atoms with Gasteiger partial charge in [-0.25, -0.2) is 4.68 Å². The largest absolute Gasteiger partial charge is 0.497 e. The van der Waals surface area contributed by atoms with E-state index < -0.39 is 0 Å². The van der Waals surface area contributed by atoms with Gasteiger partial charge in [-0.3, -0.25) is 4.79 Å². The number of ether oxygens (including phenoxy) is 1. The van der Waals surface area contributed by atoms with E-state index in [1.54, 1.807) is 11.8 Å². The number of benzene rings is 2. The highest BCUT2D eigenvalue weighted by molar-refractivity contribution is 8.01. The highest BCUT2D eigenvalue weighted by Crippen LogP contribution is 2.29. The van der Waals surface area contributed by atoms with Crippen molar-refractivity contribution in [2.75, 3.05) is 23.5 Å². The van der Waals surface area contributed by atoms with E-state index in [0.717, 1.165) is 22.8 Å². The Morgan fingerprint density at radius 1 is 1.09 bits per heavy atom. The van der Waals surface area contributed by atoms with Crippen LogP contribution in [0.4, 0.5) is 16.6 Å². The van der Waals surface area contributed by atoms with E-state index in [-0.39, 0.29) is 17.1 Å². The fraction of sp³-hybridized carbons (Fsp3) is 0.250. The Hall–Kier alpha value is -3.37. The van der Waals surface area contributed by atoms with E-state index in [2.05, 4.69) is 41.6 Å². The Labute approximate surface area is 206 Å². The lowest BCUT2D eigenvalue weighted by atomic mass is 9.92. The van der Waals surface area contributed by atoms with Gasteiger partial charge in [0.05, 0.1) is 24.2 Å². The van der Waals surface area contributed by atoms with E-state index in [1.165, 1.54) is 23.1 Å². The van der Waals surface area contributed by atoms with Crippen molar-refractivity contribution >= 4 is 45.6 Å². The van der Waals surface area contributed by atoms with Crippen LogP contribution in [0.5, 0.6) is 5.75 Å². The van der Waals surface area contributed by atoms with Crippen molar-refractivity contribution in [2.45, 2.75) is 30.5 Å². The molecule has 0 bridgehead atoms. The third-order valence-electron chi connectivity index (χ3n) is 4.82. The molecule has 8 nitrogen and oxygen atoms in total. The first kappa shape index (κ1) is 23.8. The first-order valence-corrected chi connectivity index (χ1v) is 12.5. The fourth-order valence-electron chi connectivity index (χ4n) is 3.03. The standard InChI is InChI=1S/C24H26N6O2S2/c1-24(2,3)19-14-20(30(29-19)17-8-6-5-7-9-17)26-21(31)15-33-23-28-27-22(34-23)25-16-10-12-18(32-4)13-11-16/h5-14H,15H2,1-4H3,(H,25,27)(H,26,31). The van der Waals surface area contributed by atoms with Crippen LogP contribution in [0.3, 0.4) is 0 Å². The second-order valence-electron chi connectivity index (χ2n) is 8.48. The maximum atomic E-state index is 12.7. The van der Waals surface area contributed by atoms with Gasteiger partial charge in [-0.05, 0) is 36.4 Å². The van der Waals surface area contributed by atoms with Crippen molar-refractivity contribution in [2.24, 2.45) is 0 Å². The molecule has 0 saturated carbocycles. The number of amides is 1. The first-order valence-electron chi connectivity index (χ1n) is 10.6. The molecule has 1 amide bonds. The topological polar surface area (TPSA) is 94.0 Å². The summed E-state index contributed by atoms with van der Waals surface area (Å²) in [5.74, 6) is 1.50. The molecule has 2 heterocycles. The lowest BCUT2D eigenvalue weighted by Gasteiger charge is -2.14. The predicted molar refractivity (Wildman–Crippen MR) is 138 cm³/mol. The van der Waals surface area contributed by atoms with Gasteiger partial charge in [0, 0.05) is 17.2 Å². The van der Waals surface area contributed by atoms with Crippen molar-refractivity contribution in [3.8, 4) is 11.4 Å². The molecule has 0 fully saturated rings. The number of nitrogens with one attached hydrogen (secondary N) is 2. The van der Waals surface area contributed by atoms with Crippen LogP contribution in [0.2, 0.25) is 0 Å². The minimum Gasteiger partial charge on any atom is -0.497 e. The average Bonchev–Trinajstić information content (AvgIpc) is 3.46. The Morgan fingerprint density at radius 3 is 2.50 bits per heavy atom. The average molecular weight is 495 g/mol. The van der Waals surface area contributed by atoms with Gasteiger partial charge in [0.25, 0.3) is 0 Å². The van der Waals surface area contributed by atoms with Crippen LogP contribution >= 0.6 is 23.1 Å². The van der Waals surface area contributed by atoms with E-state index in [9.17, 15) is 4.79 Å². The Morgan fingerprint density at radius 2 is 1.82 bits per heavy atom. The molecule has 0 unspecified atom stereocenters. The van der Waals surface area contributed by atoms with Gasteiger partial charge in [-0.2, -0.15) is 5.10 Å². The lowest BCUT2D eigenvalue weighted by molar-refractivity contribution is -0.113. The molecule has 0 spiro atoms. The van der Waals surface area contributed by atoms with Crippen LogP contribution in [-0.2, 0) is 10.2 Å². The molecule has 0 aliphatic carbocycles. The molecule has 10 heteroatoms. The summed E-state index contributed by atoms with van der Waals surface area (Å²) in [4.78, 5) is 12.7. The molecular formula is C24H26N6O2S2. The van der Waals surface area contributed by atoms with Gasteiger partial charge in [-0.15, -0.1) is 10.2 Å². The number of nitrogens with zero attached hydrogens (tertiary/aromatic N) is 4. The zero-order valence-corrected chi connectivity index (χ0v) is 21.0. The third-order valence-corrected chi connectivity index (χ3v) is 6.79. The molecule has 176 valence electrons. The number of aromatic nitrogens is 4. The zero-order valence-electron chi connectivity index (χ0n) is 19.4. The minimum absolute atomic E-state index is 0.137. The Balaban J connectivity index is 1.39. The van der Waals surface area contributed by atoms with Crippen molar-refractivity contribution < 1.29 is 9.53 Å². The van der Waals surface area contributed by atoms with Gasteiger partial charge in [-0.1, -0.05) is 62.1 Å². The highest BCUT2D eigenvalue weighted by atomic mass is 32.2. The number of methoxy groups -OCH3 is 1. The summed E-state index contributed by atoms with van der Waals surface area (Å²) in [6, 6.07) is 19.2. The predicted octanol–water partition coefficient (Wildman–Crippen LogP) is 5.50. The fourth-order valence-corrected chi connectivity index (χ4v) is 4.60. The highest BCUT2D eigenvalue weighted by Gasteiger charge is 2.21. The van der Waals surface area contributed by atoms with Crippen LogP contribution in [0, 0.1) is 0 Å². The maximum absolute atomic E-state index is 12.7. The molecule has 4 aromatic rings. The molecule has 0 atom stereocenters. The molecule has 0 aliphatic heterocycles. The molecule has 34 heavy (non-hydrogen) atoms. The summed E-state index contributed by atoms with van der Waals surface area (Å²) >= 11 is 2.74. The van der Waals surface area contributed by atoms with Gasteiger partial charge in [0.2, 0.25) is 11.0 Å². The Kier molecular flexibility index (Phi) is 7.18. The van der Waals surface area contributed by atoms with Gasteiger partial charge in [0.15, 0.2) is 4.34 Å². The van der Waals surface area contributed by atoms with Crippen LogP contribution in [0.1, 0.15) is 26.5 Å². The summed E-state index contributed by atoms with van der Waals surface area (Å²) in [5.41, 5.74) is 2.53. The molecule has 2 aromatic heterocycles. The molecular weight excluding hydrogens is 468 g/mol. The van der Waals surface area contributed by atoms with Gasteiger partial charge in [0.1, 0.15) is 11.6 Å². The number of para-hydroxylation sites is 1. The molecule has 2 aromatic carbocycles. The maximum Gasteiger partial charge on any atom is 0.235 e. The van der Waals surface area contributed by atoms with Crippen LogP contribution in [0.25, 0.3) is 5.69 Å². The second-order valence-corrected chi connectivity index (χ2v) is 10.7. The number of hydrogen-bond donors (Lipinski definition) is 2. The van der Waals surface area contributed by atoms with E-state index in [0.29, 0.717) is 15.3 Å². The first-order chi connectivity index (χ1) is 16.3. The molecule has 0 aliphatic rings. The minimum atomic E-state index is -0.145. The lowest BCUT2D eigenvalue weighted by Crippen LogP contribution is -2.16. The third kappa shape index (κ3) is 5.95. The summed E-state index contributed by atoms with van der Waals surface area (Å²) in [7, 11) is 1.63. The molecule has 4 rings (SSSR count). The van der Waals surface area contributed by atoms with E-state index in [4.69, 9.17) is 9.84 Å². The number of hydrogen-bond acceptors (Lipinski definition) is 8. The summed E-state index contributed by atoms with van der Waals surface area (Å²) in [6.07, 6.45) is 0. The summed E-state index contributed by atoms with van der Waals surface area (Å²) in [6.45, 7) is 6.29. The zero-order chi connectivity index (χ0) is 24.1. The quantitative estimate of drug-likeness (QED) is 0.312. The van der Waals surface area contributed by atoms with Crippen LogP contribution in [0.15, 0.2) is 65.0 Å². The monoisotopic (exact) mass is 494 g/mol. The molecule has 2 N–H and O–H groups in total. The van der Waals surface area contributed by atoms with Crippen LogP contribution < -0.4 is 15.4 Å². The number of anilines is 3. The second kappa shape index (κ2) is 10.3. The molecule has 0 radical (unpaired) electrons. The van der Waals surface area contributed by atoms with Crippen molar-refractivity contribution in [1.82, 2.24) is 20.0 Å².